The SMILES string of the molecule is Cc1ccc(Sc2ccc(CN3CCN(C(C)C)CC3)cc2CNC(C)C)cc1. The lowest BCUT2D eigenvalue weighted by Gasteiger charge is -2.37. The Balaban J connectivity index is 1.70. The maximum atomic E-state index is 3.61. The van der Waals surface area contributed by atoms with Gasteiger partial charge in [-0.2, -0.15) is 0 Å². The van der Waals surface area contributed by atoms with Crippen LogP contribution < -0.4 is 5.32 Å². The van der Waals surface area contributed by atoms with Crippen LogP contribution in [0, 0.1) is 6.92 Å². The molecule has 1 aliphatic rings. The van der Waals surface area contributed by atoms with Gasteiger partial charge in [0.2, 0.25) is 0 Å². The lowest BCUT2D eigenvalue weighted by Crippen LogP contribution is -2.48. The summed E-state index contributed by atoms with van der Waals surface area (Å²) >= 11 is 1.87. The third kappa shape index (κ3) is 6.85. The highest BCUT2D eigenvalue weighted by Crippen LogP contribution is 2.31. The number of nitrogens with one attached hydrogen (secondary N) is 1. The highest BCUT2D eigenvalue weighted by atomic mass is 32.2. The number of hydrogen-bond acceptors (Lipinski definition) is 4. The summed E-state index contributed by atoms with van der Waals surface area (Å²) in [7, 11) is 0. The molecule has 3 nitrogen and oxygen atoms in total. The Bertz CT molecular complexity index is 762. The average Bonchev–Trinajstić information content (AvgIpc) is 2.70. The van der Waals surface area contributed by atoms with Crippen LogP contribution in [0.5, 0.6) is 0 Å². The Kier molecular flexibility index (Phi) is 8.19. The third-order valence-electron chi connectivity index (χ3n) is 5.62. The zero-order valence-corrected chi connectivity index (χ0v) is 19.6. The molecule has 2 aromatic rings. The van der Waals surface area contributed by atoms with Gasteiger partial charge in [-0.05, 0) is 50.1 Å². The summed E-state index contributed by atoms with van der Waals surface area (Å²) in [5, 5.41) is 3.61. The summed E-state index contributed by atoms with van der Waals surface area (Å²) in [6, 6.07) is 17.0. The van der Waals surface area contributed by atoms with E-state index in [0.717, 1.165) is 26.2 Å². The van der Waals surface area contributed by atoms with E-state index in [1.807, 2.05) is 11.8 Å². The van der Waals surface area contributed by atoms with Crippen LogP contribution in [-0.2, 0) is 13.1 Å². The quantitative estimate of drug-likeness (QED) is 0.645. The van der Waals surface area contributed by atoms with Gasteiger partial charge in [-0.25, -0.2) is 0 Å². The predicted molar refractivity (Wildman–Crippen MR) is 126 cm³/mol. The smallest absolute Gasteiger partial charge is 0.0234 e. The molecule has 0 amide bonds. The summed E-state index contributed by atoms with van der Waals surface area (Å²) in [5.41, 5.74) is 4.14. The van der Waals surface area contributed by atoms with Crippen molar-refractivity contribution in [1.82, 2.24) is 15.1 Å². The van der Waals surface area contributed by atoms with Crippen LogP contribution in [0.25, 0.3) is 0 Å². The van der Waals surface area contributed by atoms with E-state index in [1.165, 1.54) is 39.6 Å². The molecule has 0 saturated carbocycles. The van der Waals surface area contributed by atoms with Gasteiger partial charge in [0, 0.05) is 61.1 Å². The summed E-state index contributed by atoms with van der Waals surface area (Å²) in [6.07, 6.45) is 0. The Hall–Kier alpha value is -1.33. The molecule has 0 radical (unpaired) electrons. The third-order valence-corrected chi connectivity index (χ3v) is 6.74. The van der Waals surface area contributed by atoms with Gasteiger partial charge in [0.25, 0.3) is 0 Å². The lowest BCUT2D eigenvalue weighted by atomic mass is 10.1. The molecule has 2 aromatic carbocycles. The van der Waals surface area contributed by atoms with E-state index in [0.29, 0.717) is 12.1 Å². The molecule has 0 atom stereocenters. The minimum absolute atomic E-state index is 0.486. The molecule has 1 N–H and O–H groups in total. The Labute approximate surface area is 181 Å². The van der Waals surface area contributed by atoms with E-state index in [4.69, 9.17) is 0 Å². The monoisotopic (exact) mass is 411 g/mol. The van der Waals surface area contributed by atoms with Gasteiger partial charge in [-0.3, -0.25) is 9.80 Å². The van der Waals surface area contributed by atoms with Gasteiger partial charge in [0.15, 0.2) is 0 Å². The Morgan fingerprint density at radius 3 is 2.24 bits per heavy atom. The van der Waals surface area contributed by atoms with Crippen LogP contribution in [-0.4, -0.2) is 48.1 Å². The standard InChI is InChI=1S/C25H37N3S/c1-19(2)26-17-23-16-22(18-27-12-14-28(15-13-27)20(3)4)8-11-25(23)29-24-9-6-21(5)7-10-24/h6-11,16,19-20,26H,12-15,17-18H2,1-5H3. The molecule has 0 unspecified atom stereocenters. The Morgan fingerprint density at radius 1 is 0.931 bits per heavy atom. The van der Waals surface area contributed by atoms with E-state index in [2.05, 4.69) is 92.2 Å². The van der Waals surface area contributed by atoms with Crippen molar-refractivity contribution < 1.29 is 0 Å². The van der Waals surface area contributed by atoms with E-state index in [9.17, 15) is 0 Å². The first-order valence-electron chi connectivity index (χ1n) is 11.0. The predicted octanol–water partition coefficient (Wildman–Crippen LogP) is 5.17. The minimum atomic E-state index is 0.486. The molecule has 1 saturated heterocycles. The summed E-state index contributed by atoms with van der Waals surface area (Å²) in [6.45, 7) is 17.8. The van der Waals surface area contributed by atoms with Crippen molar-refractivity contribution in [2.75, 3.05) is 26.2 Å². The number of nitrogens with zero attached hydrogens (tertiary/aromatic N) is 2. The molecule has 29 heavy (non-hydrogen) atoms. The summed E-state index contributed by atoms with van der Waals surface area (Å²) < 4.78 is 0. The maximum Gasteiger partial charge on any atom is 0.0234 e. The minimum Gasteiger partial charge on any atom is -0.310 e. The highest BCUT2D eigenvalue weighted by Gasteiger charge is 2.19. The summed E-state index contributed by atoms with van der Waals surface area (Å²) in [5.74, 6) is 0. The van der Waals surface area contributed by atoms with E-state index < -0.39 is 0 Å². The summed E-state index contributed by atoms with van der Waals surface area (Å²) in [4.78, 5) is 7.84. The van der Waals surface area contributed by atoms with Gasteiger partial charge in [0.1, 0.15) is 0 Å². The fraction of sp³-hybridized carbons (Fsp3) is 0.520. The van der Waals surface area contributed by atoms with E-state index >= 15 is 0 Å². The van der Waals surface area contributed by atoms with Crippen molar-refractivity contribution in [3.8, 4) is 0 Å². The maximum absolute atomic E-state index is 3.61. The number of benzene rings is 2. The second-order valence-corrected chi connectivity index (χ2v) is 9.91. The van der Waals surface area contributed by atoms with Gasteiger partial charge in [-0.1, -0.05) is 55.4 Å². The van der Waals surface area contributed by atoms with E-state index in [-0.39, 0.29) is 0 Å². The van der Waals surface area contributed by atoms with Crippen LogP contribution >= 0.6 is 11.8 Å². The first-order valence-corrected chi connectivity index (χ1v) is 11.8. The fourth-order valence-electron chi connectivity index (χ4n) is 3.71. The normalized spacial score (nSPS) is 16.1. The second kappa shape index (κ2) is 10.6. The number of aryl methyl sites for hydroxylation is 1. The molecule has 0 aromatic heterocycles. The number of rotatable bonds is 8. The fourth-order valence-corrected chi connectivity index (χ4v) is 4.64. The van der Waals surface area contributed by atoms with E-state index in [1.54, 1.807) is 0 Å². The van der Waals surface area contributed by atoms with Gasteiger partial charge in [0.05, 0.1) is 0 Å². The van der Waals surface area contributed by atoms with Crippen molar-refractivity contribution in [3.63, 3.8) is 0 Å². The largest absolute Gasteiger partial charge is 0.310 e. The van der Waals surface area contributed by atoms with Crippen molar-refractivity contribution in [2.24, 2.45) is 0 Å². The highest BCUT2D eigenvalue weighted by molar-refractivity contribution is 7.99. The molecule has 1 heterocycles. The molecule has 1 fully saturated rings. The van der Waals surface area contributed by atoms with Crippen molar-refractivity contribution >= 4 is 11.8 Å². The Morgan fingerprint density at radius 2 is 1.62 bits per heavy atom. The van der Waals surface area contributed by atoms with Gasteiger partial charge < -0.3 is 5.32 Å². The zero-order valence-electron chi connectivity index (χ0n) is 18.7. The molecule has 1 aliphatic heterocycles. The topological polar surface area (TPSA) is 18.5 Å². The lowest BCUT2D eigenvalue weighted by molar-refractivity contribution is 0.104. The second-order valence-electron chi connectivity index (χ2n) is 8.80. The number of piperazine rings is 1. The molecular weight excluding hydrogens is 374 g/mol. The molecule has 0 spiro atoms. The molecular formula is C25H37N3S. The van der Waals surface area contributed by atoms with Gasteiger partial charge in [-0.15, -0.1) is 0 Å². The molecule has 0 aliphatic carbocycles. The average molecular weight is 412 g/mol. The molecule has 158 valence electrons. The zero-order chi connectivity index (χ0) is 20.8. The van der Waals surface area contributed by atoms with Crippen LogP contribution in [0.15, 0.2) is 52.3 Å². The van der Waals surface area contributed by atoms with Gasteiger partial charge >= 0.3 is 0 Å². The number of hydrogen-bond donors (Lipinski definition) is 1. The first kappa shape index (κ1) is 22.4. The molecule has 0 bridgehead atoms. The molecule has 4 heteroatoms. The van der Waals surface area contributed by atoms with Crippen LogP contribution in [0.4, 0.5) is 0 Å². The van der Waals surface area contributed by atoms with Crippen LogP contribution in [0.1, 0.15) is 44.4 Å². The van der Waals surface area contributed by atoms with Crippen molar-refractivity contribution in [3.05, 3.63) is 59.2 Å². The van der Waals surface area contributed by atoms with Crippen LogP contribution in [0.3, 0.4) is 0 Å². The van der Waals surface area contributed by atoms with Crippen molar-refractivity contribution in [1.29, 1.82) is 0 Å². The first-order chi connectivity index (χ1) is 13.9. The van der Waals surface area contributed by atoms with Crippen LogP contribution in [0.2, 0.25) is 0 Å². The van der Waals surface area contributed by atoms with Crippen molar-refractivity contribution in [2.45, 2.75) is 69.6 Å². The molecule has 3 rings (SSSR count).